The smallest absolute Gasteiger partial charge is 0.295 e. The lowest BCUT2D eigenvalue weighted by molar-refractivity contribution is 0.0971. The summed E-state index contributed by atoms with van der Waals surface area (Å²) in [5.41, 5.74) is 1.56. The van der Waals surface area contributed by atoms with Crippen LogP contribution in [0.3, 0.4) is 0 Å². The molecule has 0 bridgehead atoms. The molecule has 3 aromatic carbocycles. The second-order valence-electron chi connectivity index (χ2n) is 7.26. The summed E-state index contributed by atoms with van der Waals surface area (Å²) in [4.78, 5) is 28.7. The standard InChI is InChI=1S/C24H14BrCl2NO4/c1-31-15-6-4-14(5-7-15)28-21(12-2-8-17(26)18(27)10-12)20-22(29)16-11-13(25)3-9-19(16)32-23(20)24(28)30/h2-11,21H,1H3. The van der Waals surface area contributed by atoms with Crippen LogP contribution in [0, 0.1) is 0 Å². The van der Waals surface area contributed by atoms with Crippen molar-refractivity contribution < 1.29 is 13.9 Å². The van der Waals surface area contributed by atoms with E-state index in [1.807, 2.05) is 0 Å². The Bertz CT molecular complexity index is 1450. The van der Waals surface area contributed by atoms with Crippen LogP contribution in [0.4, 0.5) is 5.69 Å². The van der Waals surface area contributed by atoms with Gasteiger partial charge in [-0.1, -0.05) is 45.2 Å². The number of amides is 1. The molecule has 0 N–H and O–H groups in total. The lowest BCUT2D eigenvalue weighted by Crippen LogP contribution is -2.29. The number of benzene rings is 3. The number of hydrogen-bond acceptors (Lipinski definition) is 4. The van der Waals surface area contributed by atoms with Gasteiger partial charge in [-0.25, -0.2) is 0 Å². The third-order valence-corrected chi connectivity index (χ3v) is 6.67. The number of ether oxygens (including phenoxy) is 1. The number of fused-ring (bicyclic) bond motifs is 2. The third kappa shape index (κ3) is 3.30. The van der Waals surface area contributed by atoms with E-state index >= 15 is 0 Å². The molecular formula is C24H14BrCl2NO4. The van der Waals surface area contributed by atoms with E-state index in [1.165, 1.54) is 4.90 Å². The number of hydrogen-bond donors (Lipinski definition) is 0. The number of halogens is 3. The summed E-state index contributed by atoms with van der Waals surface area (Å²) < 4.78 is 11.9. The molecule has 1 aromatic heterocycles. The van der Waals surface area contributed by atoms with Crippen molar-refractivity contribution in [2.45, 2.75) is 6.04 Å². The van der Waals surface area contributed by atoms with E-state index in [-0.39, 0.29) is 16.8 Å². The number of carbonyl (C=O) groups is 1. The van der Waals surface area contributed by atoms with Crippen LogP contribution in [0.1, 0.15) is 27.7 Å². The predicted molar refractivity (Wildman–Crippen MR) is 128 cm³/mol. The van der Waals surface area contributed by atoms with E-state index in [1.54, 1.807) is 67.8 Å². The van der Waals surface area contributed by atoms with Gasteiger partial charge in [0.15, 0.2) is 5.43 Å². The lowest BCUT2D eigenvalue weighted by Gasteiger charge is -2.25. The highest BCUT2D eigenvalue weighted by molar-refractivity contribution is 9.10. The molecule has 4 aromatic rings. The third-order valence-electron chi connectivity index (χ3n) is 5.44. The van der Waals surface area contributed by atoms with E-state index in [0.717, 1.165) is 4.47 Å². The van der Waals surface area contributed by atoms with Gasteiger partial charge in [0, 0.05) is 10.2 Å². The minimum Gasteiger partial charge on any atom is -0.497 e. The van der Waals surface area contributed by atoms with Gasteiger partial charge in [-0.05, 0) is 60.2 Å². The molecule has 1 atom stereocenters. The molecule has 5 rings (SSSR count). The van der Waals surface area contributed by atoms with Gasteiger partial charge in [0.2, 0.25) is 5.76 Å². The highest BCUT2D eigenvalue weighted by Gasteiger charge is 2.43. The summed E-state index contributed by atoms with van der Waals surface area (Å²) in [6.45, 7) is 0. The molecular weight excluding hydrogens is 517 g/mol. The Morgan fingerprint density at radius 2 is 1.72 bits per heavy atom. The highest BCUT2D eigenvalue weighted by atomic mass is 79.9. The molecule has 0 spiro atoms. The molecule has 2 heterocycles. The lowest BCUT2D eigenvalue weighted by atomic mass is 9.98. The van der Waals surface area contributed by atoms with E-state index in [0.29, 0.717) is 38.0 Å². The van der Waals surface area contributed by atoms with E-state index in [2.05, 4.69) is 15.9 Å². The van der Waals surface area contributed by atoms with Crippen LogP contribution in [-0.4, -0.2) is 13.0 Å². The predicted octanol–water partition coefficient (Wildman–Crippen LogP) is 6.62. The summed E-state index contributed by atoms with van der Waals surface area (Å²) in [5, 5.41) is 1.09. The van der Waals surface area contributed by atoms with Crippen molar-refractivity contribution in [1.82, 2.24) is 0 Å². The first-order valence-electron chi connectivity index (χ1n) is 9.58. The van der Waals surface area contributed by atoms with Crippen LogP contribution < -0.4 is 15.1 Å². The van der Waals surface area contributed by atoms with Crippen molar-refractivity contribution in [1.29, 1.82) is 0 Å². The van der Waals surface area contributed by atoms with Gasteiger partial charge in [-0.2, -0.15) is 0 Å². The maximum absolute atomic E-state index is 13.6. The molecule has 0 radical (unpaired) electrons. The first kappa shape index (κ1) is 21.1. The van der Waals surface area contributed by atoms with Crippen LogP contribution in [0.15, 0.2) is 74.3 Å². The molecule has 32 heavy (non-hydrogen) atoms. The van der Waals surface area contributed by atoms with Crippen LogP contribution in [0.25, 0.3) is 11.0 Å². The Morgan fingerprint density at radius 3 is 2.41 bits per heavy atom. The van der Waals surface area contributed by atoms with Gasteiger partial charge in [0.1, 0.15) is 11.3 Å². The van der Waals surface area contributed by atoms with Crippen molar-refractivity contribution in [3.8, 4) is 5.75 Å². The molecule has 160 valence electrons. The number of rotatable bonds is 3. The van der Waals surface area contributed by atoms with E-state index in [4.69, 9.17) is 32.4 Å². The second-order valence-corrected chi connectivity index (χ2v) is 8.99. The van der Waals surface area contributed by atoms with Gasteiger partial charge in [0.25, 0.3) is 5.91 Å². The first-order chi connectivity index (χ1) is 15.4. The Labute approximate surface area is 201 Å². The van der Waals surface area contributed by atoms with Gasteiger partial charge in [-0.3, -0.25) is 14.5 Å². The molecule has 1 aliphatic heterocycles. The molecule has 1 aliphatic rings. The fourth-order valence-electron chi connectivity index (χ4n) is 3.95. The molecule has 0 saturated heterocycles. The SMILES string of the molecule is COc1ccc(N2C(=O)c3oc4ccc(Br)cc4c(=O)c3C2c2ccc(Cl)c(Cl)c2)cc1. The van der Waals surface area contributed by atoms with E-state index < -0.39 is 11.9 Å². The molecule has 1 unspecified atom stereocenters. The molecule has 0 aliphatic carbocycles. The zero-order valence-corrected chi connectivity index (χ0v) is 19.7. The maximum Gasteiger partial charge on any atom is 0.295 e. The van der Waals surface area contributed by atoms with Crippen molar-refractivity contribution in [3.05, 3.63) is 102 Å². The second kappa shape index (κ2) is 7.96. The zero-order valence-electron chi connectivity index (χ0n) is 16.6. The van der Waals surface area contributed by atoms with Crippen molar-refractivity contribution in [3.63, 3.8) is 0 Å². The van der Waals surface area contributed by atoms with E-state index in [9.17, 15) is 9.59 Å². The molecule has 8 heteroatoms. The van der Waals surface area contributed by atoms with Gasteiger partial charge < -0.3 is 9.15 Å². The topological polar surface area (TPSA) is 59.8 Å². The monoisotopic (exact) mass is 529 g/mol. The minimum atomic E-state index is -0.736. The van der Waals surface area contributed by atoms with Crippen LogP contribution in [0.5, 0.6) is 5.75 Å². The number of methoxy groups -OCH3 is 1. The Kier molecular flexibility index (Phi) is 5.24. The fraction of sp³-hybridized carbons (Fsp3) is 0.0833. The van der Waals surface area contributed by atoms with Crippen LogP contribution >= 0.6 is 39.1 Å². The van der Waals surface area contributed by atoms with Gasteiger partial charge in [0.05, 0.1) is 34.1 Å². The Hall–Kier alpha value is -2.80. The molecule has 1 amide bonds. The highest BCUT2D eigenvalue weighted by Crippen LogP contribution is 2.42. The summed E-state index contributed by atoms with van der Waals surface area (Å²) in [6.07, 6.45) is 0. The first-order valence-corrected chi connectivity index (χ1v) is 11.1. The summed E-state index contributed by atoms with van der Waals surface area (Å²) in [6, 6.07) is 16.5. The molecule has 0 saturated carbocycles. The summed E-state index contributed by atoms with van der Waals surface area (Å²) in [7, 11) is 1.57. The quantitative estimate of drug-likeness (QED) is 0.298. The summed E-state index contributed by atoms with van der Waals surface area (Å²) in [5.74, 6) is 0.244. The van der Waals surface area contributed by atoms with Crippen molar-refractivity contribution >= 4 is 61.7 Å². The summed E-state index contributed by atoms with van der Waals surface area (Å²) >= 11 is 15.8. The number of anilines is 1. The Morgan fingerprint density at radius 1 is 0.969 bits per heavy atom. The van der Waals surface area contributed by atoms with Gasteiger partial charge >= 0.3 is 0 Å². The average molecular weight is 531 g/mol. The fourth-order valence-corrected chi connectivity index (χ4v) is 4.62. The van der Waals surface area contributed by atoms with Crippen LogP contribution in [-0.2, 0) is 0 Å². The van der Waals surface area contributed by atoms with Crippen molar-refractivity contribution in [2.24, 2.45) is 0 Å². The van der Waals surface area contributed by atoms with Crippen molar-refractivity contribution in [2.75, 3.05) is 12.0 Å². The van der Waals surface area contributed by atoms with Crippen LogP contribution in [0.2, 0.25) is 10.0 Å². The van der Waals surface area contributed by atoms with Gasteiger partial charge in [-0.15, -0.1) is 0 Å². The largest absolute Gasteiger partial charge is 0.497 e. The molecule has 5 nitrogen and oxygen atoms in total. The zero-order chi connectivity index (χ0) is 22.6. The average Bonchev–Trinajstić information content (AvgIpc) is 3.09. The minimum absolute atomic E-state index is 0.0108. The molecule has 0 fully saturated rings. The number of nitrogens with zero attached hydrogens (tertiary/aromatic N) is 1. The maximum atomic E-state index is 13.6. The Balaban J connectivity index is 1.80. The normalized spacial score (nSPS) is 15.3. The number of carbonyl (C=O) groups excluding carboxylic acids is 1.